The van der Waals surface area contributed by atoms with Gasteiger partial charge in [-0.2, -0.15) is 0 Å². The molecule has 0 amide bonds. The average molecular weight is 325 g/mol. The van der Waals surface area contributed by atoms with Gasteiger partial charge >= 0.3 is 5.97 Å². The van der Waals surface area contributed by atoms with Crippen molar-refractivity contribution in [2.24, 2.45) is 0 Å². The zero-order valence-corrected chi connectivity index (χ0v) is 13.6. The van der Waals surface area contributed by atoms with Crippen LogP contribution in [0.1, 0.15) is 21.6 Å². The number of carbonyl (C=O) groups is 1. The zero-order chi connectivity index (χ0) is 17.4. The fourth-order valence-electron chi connectivity index (χ4n) is 2.85. The first-order valence-corrected chi connectivity index (χ1v) is 7.41. The molecule has 0 aliphatic carbocycles. The van der Waals surface area contributed by atoms with Crippen LogP contribution in [0, 0.1) is 19.7 Å². The van der Waals surface area contributed by atoms with Crippen molar-refractivity contribution in [1.29, 1.82) is 0 Å². The number of benzene rings is 2. The number of halogens is 1. The summed E-state index contributed by atoms with van der Waals surface area (Å²) in [6.45, 7) is 3.69. The van der Waals surface area contributed by atoms with Crippen LogP contribution >= 0.6 is 0 Å². The third-order valence-electron chi connectivity index (χ3n) is 4.16. The van der Waals surface area contributed by atoms with E-state index in [1.165, 1.54) is 25.3 Å². The molecule has 122 valence electrons. The van der Waals surface area contributed by atoms with Gasteiger partial charge in [0.15, 0.2) is 0 Å². The topological polar surface area (TPSA) is 59.4 Å². The fraction of sp³-hybridized carbons (Fsp3) is 0.158. The molecule has 4 nitrogen and oxygen atoms in total. The molecule has 1 heterocycles. The molecule has 0 aliphatic heterocycles. The first kappa shape index (κ1) is 15.9. The Kier molecular flexibility index (Phi) is 3.93. The number of pyridine rings is 1. The Morgan fingerprint density at radius 3 is 2.58 bits per heavy atom. The van der Waals surface area contributed by atoms with E-state index >= 15 is 0 Å². The molecule has 0 fully saturated rings. The summed E-state index contributed by atoms with van der Waals surface area (Å²) in [6, 6.07) is 9.28. The van der Waals surface area contributed by atoms with Gasteiger partial charge in [0.2, 0.25) is 0 Å². The number of hydrogen-bond acceptors (Lipinski definition) is 3. The minimum Gasteiger partial charge on any atom is -0.496 e. The van der Waals surface area contributed by atoms with Gasteiger partial charge in [-0.05, 0) is 49.7 Å². The van der Waals surface area contributed by atoms with E-state index in [2.05, 4.69) is 4.98 Å². The summed E-state index contributed by atoms with van der Waals surface area (Å²) in [5.41, 5.74) is 3.21. The smallest absolute Gasteiger partial charge is 0.335 e. The average Bonchev–Trinajstić information content (AvgIpc) is 2.56. The molecule has 1 aromatic heterocycles. The van der Waals surface area contributed by atoms with Crippen LogP contribution in [0.3, 0.4) is 0 Å². The Morgan fingerprint density at radius 2 is 1.92 bits per heavy atom. The predicted octanol–water partition coefficient (Wildman–Crippen LogP) is 4.36. The lowest BCUT2D eigenvalue weighted by atomic mass is 9.93. The van der Waals surface area contributed by atoms with Gasteiger partial charge in [0.05, 0.1) is 23.8 Å². The number of nitrogens with zero attached hydrogens (tertiary/aromatic N) is 1. The van der Waals surface area contributed by atoms with Crippen molar-refractivity contribution in [3.8, 4) is 16.9 Å². The number of aromatic carboxylic acids is 1. The molecule has 3 rings (SSSR count). The van der Waals surface area contributed by atoms with Gasteiger partial charge in [0.1, 0.15) is 11.6 Å². The predicted molar refractivity (Wildman–Crippen MR) is 90.1 cm³/mol. The summed E-state index contributed by atoms with van der Waals surface area (Å²) >= 11 is 0. The molecular weight excluding hydrogens is 309 g/mol. The normalized spacial score (nSPS) is 10.8. The monoisotopic (exact) mass is 325 g/mol. The van der Waals surface area contributed by atoms with E-state index < -0.39 is 11.8 Å². The van der Waals surface area contributed by atoms with Crippen molar-refractivity contribution in [3.63, 3.8) is 0 Å². The lowest BCUT2D eigenvalue weighted by Gasteiger charge is -2.16. The maximum atomic E-state index is 14.6. The Bertz CT molecular complexity index is 966. The van der Waals surface area contributed by atoms with E-state index in [0.717, 1.165) is 11.3 Å². The van der Waals surface area contributed by atoms with E-state index in [0.29, 0.717) is 27.8 Å². The van der Waals surface area contributed by atoms with Gasteiger partial charge in [-0.25, -0.2) is 9.18 Å². The SMILES string of the molecule is COc1cccc(F)c1-c1c(C)c(C)nc2ccc(C(=O)O)cc12. The highest BCUT2D eigenvalue weighted by Gasteiger charge is 2.19. The molecule has 5 heteroatoms. The summed E-state index contributed by atoms with van der Waals surface area (Å²) in [6.07, 6.45) is 0. The molecule has 0 bridgehead atoms. The highest BCUT2D eigenvalue weighted by molar-refractivity contribution is 6.02. The number of aryl methyl sites for hydroxylation is 1. The zero-order valence-electron chi connectivity index (χ0n) is 13.6. The molecule has 0 radical (unpaired) electrons. The minimum absolute atomic E-state index is 0.129. The lowest BCUT2D eigenvalue weighted by Crippen LogP contribution is -2.01. The summed E-state index contributed by atoms with van der Waals surface area (Å²) in [4.78, 5) is 15.8. The Morgan fingerprint density at radius 1 is 1.17 bits per heavy atom. The second-order valence-corrected chi connectivity index (χ2v) is 5.55. The molecule has 3 aromatic rings. The van der Waals surface area contributed by atoms with E-state index in [1.807, 2.05) is 13.8 Å². The summed E-state index contributed by atoms with van der Waals surface area (Å²) in [7, 11) is 1.48. The van der Waals surface area contributed by atoms with Crippen LogP contribution in [-0.2, 0) is 0 Å². The molecule has 0 saturated heterocycles. The van der Waals surface area contributed by atoms with Crippen LogP contribution in [0.15, 0.2) is 36.4 Å². The number of aromatic nitrogens is 1. The number of methoxy groups -OCH3 is 1. The molecule has 0 saturated carbocycles. The number of ether oxygens (including phenoxy) is 1. The van der Waals surface area contributed by atoms with Crippen molar-refractivity contribution in [1.82, 2.24) is 4.98 Å². The fourth-order valence-corrected chi connectivity index (χ4v) is 2.85. The van der Waals surface area contributed by atoms with Crippen LogP contribution in [0.4, 0.5) is 4.39 Å². The van der Waals surface area contributed by atoms with Gasteiger partial charge in [0, 0.05) is 16.6 Å². The first-order valence-electron chi connectivity index (χ1n) is 7.41. The maximum absolute atomic E-state index is 14.6. The third kappa shape index (κ3) is 2.48. The Balaban J connectivity index is 2.49. The standard InChI is InChI=1S/C19H16FNO3/c1-10-11(2)21-15-8-7-12(19(22)23)9-13(15)17(10)18-14(20)5-4-6-16(18)24-3/h4-9H,1-3H3,(H,22,23). The van der Waals surface area contributed by atoms with Crippen LogP contribution in [0.2, 0.25) is 0 Å². The molecule has 1 N–H and O–H groups in total. The van der Waals surface area contributed by atoms with Crippen LogP contribution in [0.25, 0.3) is 22.0 Å². The lowest BCUT2D eigenvalue weighted by molar-refractivity contribution is 0.0697. The largest absolute Gasteiger partial charge is 0.496 e. The Hall–Kier alpha value is -2.95. The van der Waals surface area contributed by atoms with Crippen molar-refractivity contribution in [3.05, 3.63) is 59.0 Å². The van der Waals surface area contributed by atoms with E-state index in [-0.39, 0.29) is 5.56 Å². The van der Waals surface area contributed by atoms with Crippen molar-refractivity contribution in [2.75, 3.05) is 7.11 Å². The molecule has 24 heavy (non-hydrogen) atoms. The minimum atomic E-state index is -1.04. The van der Waals surface area contributed by atoms with Crippen molar-refractivity contribution >= 4 is 16.9 Å². The molecular formula is C19H16FNO3. The van der Waals surface area contributed by atoms with Crippen LogP contribution in [-0.4, -0.2) is 23.2 Å². The second kappa shape index (κ2) is 5.92. The van der Waals surface area contributed by atoms with Gasteiger partial charge in [-0.3, -0.25) is 4.98 Å². The van der Waals surface area contributed by atoms with Gasteiger partial charge in [-0.15, -0.1) is 0 Å². The van der Waals surface area contributed by atoms with Gasteiger partial charge < -0.3 is 9.84 Å². The summed E-state index contributed by atoms with van der Waals surface area (Å²) in [5.74, 6) is -1.07. The highest BCUT2D eigenvalue weighted by Crippen LogP contribution is 2.39. The highest BCUT2D eigenvalue weighted by atomic mass is 19.1. The molecule has 0 aliphatic rings. The molecule has 0 unspecified atom stereocenters. The van der Waals surface area contributed by atoms with Crippen molar-refractivity contribution < 1.29 is 19.0 Å². The first-order chi connectivity index (χ1) is 11.4. The maximum Gasteiger partial charge on any atom is 0.335 e. The Labute approximate surface area is 138 Å². The quantitative estimate of drug-likeness (QED) is 0.777. The van der Waals surface area contributed by atoms with Crippen LogP contribution < -0.4 is 4.74 Å². The molecule has 0 atom stereocenters. The van der Waals surface area contributed by atoms with Gasteiger partial charge in [0.25, 0.3) is 0 Å². The summed E-state index contributed by atoms with van der Waals surface area (Å²) in [5, 5.41) is 9.85. The second-order valence-electron chi connectivity index (χ2n) is 5.55. The van der Waals surface area contributed by atoms with Crippen LogP contribution in [0.5, 0.6) is 5.75 Å². The number of carboxylic acids is 1. The van der Waals surface area contributed by atoms with E-state index in [9.17, 15) is 14.3 Å². The van der Waals surface area contributed by atoms with E-state index in [4.69, 9.17) is 4.74 Å². The van der Waals surface area contributed by atoms with E-state index in [1.54, 1.807) is 18.2 Å². The number of rotatable bonds is 3. The molecule has 0 spiro atoms. The van der Waals surface area contributed by atoms with Crippen molar-refractivity contribution in [2.45, 2.75) is 13.8 Å². The third-order valence-corrected chi connectivity index (χ3v) is 4.16. The summed E-state index contributed by atoms with van der Waals surface area (Å²) < 4.78 is 19.9. The van der Waals surface area contributed by atoms with Gasteiger partial charge in [-0.1, -0.05) is 6.07 Å². The number of carboxylic acid groups (broad SMARTS) is 1. The number of hydrogen-bond donors (Lipinski definition) is 1. The number of fused-ring (bicyclic) bond motifs is 1. The molecule has 2 aromatic carbocycles.